The van der Waals surface area contributed by atoms with Crippen LogP contribution in [0.15, 0.2) is 0 Å². The summed E-state index contributed by atoms with van der Waals surface area (Å²) < 4.78 is 10.1. The summed E-state index contributed by atoms with van der Waals surface area (Å²) in [6.45, 7) is 2.22. The normalized spacial score (nSPS) is 20.9. The van der Waals surface area contributed by atoms with E-state index in [0.29, 0.717) is 12.6 Å². The molecule has 0 N–H and O–H groups in total. The first kappa shape index (κ1) is 12.5. The van der Waals surface area contributed by atoms with Gasteiger partial charge in [-0.2, -0.15) is 0 Å². The summed E-state index contributed by atoms with van der Waals surface area (Å²) in [6.07, 6.45) is 5.03. The van der Waals surface area contributed by atoms with E-state index in [1.165, 1.54) is 20.0 Å². The van der Waals surface area contributed by atoms with Gasteiger partial charge in [-0.1, -0.05) is 0 Å². The highest BCUT2D eigenvalue weighted by Gasteiger charge is 2.15. The molecule has 1 atom stereocenters. The van der Waals surface area contributed by atoms with Gasteiger partial charge in [-0.05, 0) is 39.3 Å². The Kier molecular flexibility index (Phi) is 5.65. The number of carbonyl (C=O) groups excluding carboxylic acids is 1. The van der Waals surface area contributed by atoms with Gasteiger partial charge in [0, 0.05) is 6.61 Å². The van der Waals surface area contributed by atoms with Gasteiger partial charge in [0.15, 0.2) is 0 Å². The fraction of sp³-hybridized carbons (Fsp3) is 0.909. The maximum atomic E-state index is 11.0. The maximum absolute atomic E-state index is 11.0. The van der Waals surface area contributed by atoms with Gasteiger partial charge in [0.25, 0.3) is 0 Å². The molecule has 1 saturated heterocycles. The predicted octanol–water partition coefficient (Wildman–Crippen LogP) is 1.05. The van der Waals surface area contributed by atoms with E-state index < -0.39 is 0 Å². The summed E-state index contributed by atoms with van der Waals surface area (Å²) in [5, 5.41) is 0. The summed E-state index contributed by atoms with van der Waals surface area (Å²) in [7, 11) is 3.36. The average molecular weight is 215 g/mol. The van der Waals surface area contributed by atoms with Gasteiger partial charge in [-0.3, -0.25) is 9.69 Å². The summed E-state index contributed by atoms with van der Waals surface area (Å²) in [5.41, 5.74) is 0. The number of carbonyl (C=O) groups is 1. The lowest BCUT2D eigenvalue weighted by Crippen LogP contribution is -2.28. The molecule has 1 unspecified atom stereocenters. The lowest BCUT2D eigenvalue weighted by molar-refractivity contribution is -0.141. The molecule has 0 aromatic heterocycles. The zero-order valence-electron chi connectivity index (χ0n) is 9.70. The Balaban J connectivity index is 2.00. The molecule has 0 bridgehead atoms. The molecule has 1 aliphatic heterocycles. The second kappa shape index (κ2) is 6.80. The Morgan fingerprint density at radius 1 is 1.60 bits per heavy atom. The molecular formula is C11H21NO3. The number of esters is 1. The van der Waals surface area contributed by atoms with Crippen LogP contribution in [0, 0.1) is 0 Å². The largest absolute Gasteiger partial charge is 0.468 e. The number of rotatable bonds is 6. The lowest BCUT2D eigenvalue weighted by atomic mass is 10.1. The standard InChI is InChI=1S/C11H21NO3/c1-12(9-11(13)14-2)7-3-5-10-6-4-8-15-10/h10H,3-9H2,1-2H3. The van der Waals surface area contributed by atoms with E-state index in [4.69, 9.17) is 4.74 Å². The van der Waals surface area contributed by atoms with Crippen LogP contribution in [-0.4, -0.2) is 50.8 Å². The monoisotopic (exact) mass is 215 g/mol. The van der Waals surface area contributed by atoms with Crippen molar-refractivity contribution in [3.63, 3.8) is 0 Å². The summed E-state index contributed by atoms with van der Waals surface area (Å²) in [4.78, 5) is 12.9. The van der Waals surface area contributed by atoms with Crippen LogP contribution in [0.5, 0.6) is 0 Å². The zero-order valence-corrected chi connectivity index (χ0v) is 9.70. The SMILES string of the molecule is COC(=O)CN(C)CCCC1CCCO1. The van der Waals surface area contributed by atoms with Gasteiger partial charge < -0.3 is 9.47 Å². The molecule has 4 nitrogen and oxygen atoms in total. The average Bonchev–Trinajstić information content (AvgIpc) is 2.70. The van der Waals surface area contributed by atoms with E-state index in [2.05, 4.69) is 4.74 Å². The van der Waals surface area contributed by atoms with Crippen LogP contribution in [0.2, 0.25) is 0 Å². The van der Waals surface area contributed by atoms with E-state index in [9.17, 15) is 4.79 Å². The van der Waals surface area contributed by atoms with Crippen LogP contribution in [0.3, 0.4) is 0 Å². The molecule has 1 rings (SSSR count). The Hall–Kier alpha value is -0.610. The maximum Gasteiger partial charge on any atom is 0.319 e. The third kappa shape index (κ3) is 5.14. The molecule has 1 aliphatic rings. The number of hydrogen-bond acceptors (Lipinski definition) is 4. The van der Waals surface area contributed by atoms with E-state index in [1.807, 2.05) is 11.9 Å². The van der Waals surface area contributed by atoms with E-state index in [-0.39, 0.29) is 5.97 Å². The molecule has 15 heavy (non-hydrogen) atoms. The van der Waals surface area contributed by atoms with Crippen molar-refractivity contribution in [1.29, 1.82) is 0 Å². The van der Waals surface area contributed by atoms with Gasteiger partial charge in [-0.25, -0.2) is 0 Å². The van der Waals surface area contributed by atoms with Crippen LogP contribution >= 0.6 is 0 Å². The first-order chi connectivity index (χ1) is 7.22. The van der Waals surface area contributed by atoms with Crippen molar-refractivity contribution in [1.82, 2.24) is 4.90 Å². The van der Waals surface area contributed by atoms with Crippen molar-refractivity contribution in [3.05, 3.63) is 0 Å². The number of ether oxygens (including phenoxy) is 2. The molecule has 4 heteroatoms. The Bertz CT molecular complexity index is 190. The smallest absolute Gasteiger partial charge is 0.319 e. The van der Waals surface area contributed by atoms with Crippen LogP contribution in [0.4, 0.5) is 0 Å². The third-order valence-electron chi connectivity index (χ3n) is 2.72. The number of methoxy groups -OCH3 is 1. The van der Waals surface area contributed by atoms with Gasteiger partial charge in [-0.15, -0.1) is 0 Å². The second-order valence-electron chi connectivity index (χ2n) is 4.09. The molecule has 1 heterocycles. The van der Waals surface area contributed by atoms with Crippen molar-refractivity contribution in [3.8, 4) is 0 Å². The topological polar surface area (TPSA) is 38.8 Å². The Morgan fingerprint density at radius 3 is 3.00 bits per heavy atom. The van der Waals surface area contributed by atoms with Crippen LogP contribution < -0.4 is 0 Å². The van der Waals surface area contributed by atoms with Crippen molar-refractivity contribution in [2.75, 3.05) is 33.9 Å². The van der Waals surface area contributed by atoms with Gasteiger partial charge in [0.2, 0.25) is 0 Å². The Morgan fingerprint density at radius 2 is 2.40 bits per heavy atom. The van der Waals surface area contributed by atoms with Gasteiger partial charge >= 0.3 is 5.97 Å². The van der Waals surface area contributed by atoms with E-state index >= 15 is 0 Å². The highest BCUT2D eigenvalue weighted by atomic mass is 16.5. The lowest BCUT2D eigenvalue weighted by Gasteiger charge is -2.16. The Labute approximate surface area is 91.5 Å². The second-order valence-corrected chi connectivity index (χ2v) is 4.09. The summed E-state index contributed by atoms with van der Waals surface area (Å²) >= 11 is 0. The highest BCUT2D eigenvalue weighted by Crippen LogP contribution is 2.16. The molecule has 0 radical (unpaired) electrons. The molecule has 0 aromatic rings. The van der Waals surface area contributed by atoms with E-state index in [0.717, 1.165) is 26.0 Å². The number of hydrogen-bond donors (Lipinski definition) is 0. The van der Waals surface area contributed by atoms with Crippen LogP contribution in [-0.2, 0) is 14.3 Å². The molecule has 0 saturated carbocycles. The van der Waals surface area contributed by atoms with Crippen molar-refractivity contribution < 1.29 is 14.3 Å². The van der Waals surface area contributed by atoms with Crippen molar-refractivity contribution >= 4 is 5.97 Å². The van der Waals surface area contributed by atoms with Crippen LogP contribution in [0.1, 0.15) is 25.7 Å². The molecule has 0 spiro atoms. The third-order valence-corrected chi connectivity index (χ3v) is 2.72. The number of likely N-dealkylation sites (N-methyl/N-ethyl adjacent to an activating group) is 1. The van der Waals surface area contributed by atoms with Crippen molar-refractivity contribution in [2.24, 2.45) is 0 Å². The highest BCUT2D eigenvalue weighted by molar-refractivity contribution is 5.71. The minimum atomic E-state index is -0.172. The molecule has 1 fully saturated rings. The minimum Gasteiger partial charge on any atom is -0.468 e. The number of nitrogens with zero attached hydrogens (tertiary/aromatic N) is 1. The first-order valence-corrected chi connectivity index (χ1v) is 5.59. The molecule has 88 valence electrons. The van der Waals surface area contributed by atoms with Gasteiger partial charge in [0.05, 0.1) is 19.8 Å². The van der Waals surface area contributed by atoms with E-state index in [1.54, 1.807) is 0 Å². The first-order valence-electron chi connectivity index (χ1n) is 5.59. The fourth-order valence-electron chi connectivity index (χ4n) is 1.82. The molecule has 0 aromatic carbocycles. The predicted molar refractivity (Wildman–Crippen MR) is 57.7 cm³/mol. The summed E-state index contributed by atoms with van der Waals surface area (Å²) in [6, 6.07) is 0. The zero-order chi connectivity index (χ0) is 11.1. The quantitative estimate of drug-likeness (QED) is 0.621. The van der Waals surface area contributed by atoms with Crippen LogP contribution in [0.25, 0.3) is 0 Å². The van der Waals surface area contributed by atoms with Crippen molar-refractivity contribution in [2.45, 2.75) is 31.8 Å². The van der Waals surface area contributed by atoms with Gasteiger partial charge in [0.1, 0.15) is 0 Å². The molecule has 0 aliphatic carbocycles. The molecule has 0 amide bonds. The fourth-order valence-corrected chi connectivity index (χ4v) is 1.82. The molecular weight excluding hydrogens is 194 g/mol. The minimum absolute atomic E-state index is 0.172. The summed E-state index contributed by atoms with van der Waals surface area (Å²) in [5.74, 6) is -0.172.